The van der Waals surface area contributed by atoms with E-state index >= 15 is 0 Å². The number of aliphatic hydroxyl groups excluding tert-OH is 2. The first-order valence-electron chi connectivity index (χ1n) is 23.5. The minimum Gasteiger partial charge on any atom is -0.466 e. The van der Waals surface area contributed by atoms with Gasteiger partial charge < -0.3 is 20.3 Å². The van der Waals surface area contributed by atoms with Crippen molar-refractivity contribution in [2.75, 3.05) is 13.2 Å². The number of hydrogen-bond acceptors (Lipinski definition) is 5. The Bertz CT molecular complexity index is 787. The highest BCUT2D eigenvalue weighted by Crippen LogP contribution is 2.15. The van der Waals surface area contributed by atoms with Crippen molar-refractivity contribution < 1.29 is 24.5 Å². The molecule has 0 fully saturated rings. The molecule has 0 bridgehead atoms. The molecule has 6 heteroatoms. The highest BCUT2D eigenvalue weighted by atomic mass is 16.5. The van der Waals surface area contributed by atoms with E-state index in [0.29, 0.717) is 19.4 Å². The third-order valence-electron chi connectivity index (χ3n) is 10.8. The Balaban J connectivity index is 3.51. The summed E-state index contributed by atoms with van der Waals surface area (Å²) < 4.78 is 5.44. The number of aliphatic hydroxyl groups is 2. The zero-order valence-electron chi connectivity index (χ0n) is 35.5. The van der Waals surface area contributed by atoms with E-state index in [0.717, 1.165) is 57.8 Å². The highest BCUT2D eigenvalue weighted by molar-refractivity contribution is 5.76. The van der Waals surface area contributed by atoms with Gasteiger partial charge >= 0.3 is 5.97 Å². The number of amides is 1. The lowest BCUT2D eigenvalue weighted by Gasteiger charge is -2.20. The fraction of sp³-hybridized carbons (Fsp3) is 0.915. The van der Waals surface area contributed by atoms with Gasteiger partial charge in [0.25, 0.3) is 0 Å². The van der Waals surface area contributed by atoms with Crippen LogP contribution < -0.4 is 5.32 Å². The Morgan fingerprint density at radius 3 is 1.28 bits per heavy atom. The van der Waals surface area contributed by atoms with Crippen LogP contribution in [0, 0.1) is 0 Å². The lowest BCUT2D eigenvalue weighted by Crippen LogP contribution is -2.45. The summed E-state index contributed by atoms with van der Waals surface area (Å²) in [4.78, 5) is 24.4. The predicted octanol–water partition coefficient (Wildman–Crippen LogP) is 13.4. The number of ether oxygens (including phenoxy) is 1. The molecule has 0 rings (SSSR count). The SMILES string of the molecule is CCCCCCCCCCCCC/C=C/C(O)C(CO)NC(=O)CCCCCCCCCCCCCOC(=O)CCCCCCCCCCCCCC. The molecule has 0 aliphatic heterocycles. The van der Waals surface area contributed by atoms with E-state index in [2.05, 4.69) is 19.2 Å². The first-order valence-corrected chi connectivity index (χ1v) is 23.5. The Labute approximate surface area is 329 Å². The molecule has 0 aromatic carbocycles. The molecule has 3 N–H and O–H groups in total. The Morgan fingerprint density at radius 1 is 0.509 bits per heavy atom. The molecule has 0 aliphatic carbocycles. The topological polar surface area (TPSA) is 95.9 Å². The maximum Gasteiger partial charge on any atom is 0.305 e. The van der Waals surface area contributed by atoms with Gasteiger partial charge in [-0.1, -0.05) is 219 Å². The van der Waals surface area contributed by atoms with E-state index in [1.165, 1.54) is 167 Å². The van der Waals surface area contributed by atoms with Crippen LogP contribution in [0.5, 0.6) is 0 Å². The fourth-order valence-corrected chi connectivity index (χ4v) is 7.16. The van der Waals surface area contributed by atoms with Crippen molar-refractivity contribution in [3.63, 3.8) is 0 Å². The summed E-state index contributed by atoms with van der Waals surface area (Å²) in [5.41, 5.74) is 0. The fourth-order valence-electron chi connectivity index (χ4n) is 7.16. The van der Waals surface area contributed by atoms with Crippen molar-refractivity contribution in [3.05, 3.63) is 12.2 Å². The number of carbonyl (C=O) groups excluding carboxylic acids is 2. The monoisotopic (exact) mass is 750 g/mol. The molecule has 2 unspecified atom stereocenters. The molecule has 0 radical (unpaired) electrons. The molecule has 6 nitrogen and oxygen atoms in total. The Hall–Kier alpha value is -1.40. The van der Waals surface area contributed by atoms with Crippen molar-refractivity contribution in [1.29, 1.82) is 0 Å². The number of unbranched alkanes of at least 4 members (excludes halogenated alkanes) is 32. The van der Waals surface area contributed by atoms with E-state index in [1.807, 2.05) is 6.08 Å². The normalized spacial score (nSPS) is 12.8. The van der Waals surface area contributed by atoms with Crippen LogP contribution in [0.4, 0.5) is 0 Å². The number of nitrogens with one attached hydrogen (secondary N) is 1. The van der Waals surface area contributed by atoms with Gasteiger partial charge in [0.2, 0.25) is 5.91 Å². The van der Waals surface area contributed by atoms with Crippen molar-refractivity contribution in [2.24, 2.45) is 0 Å². The molecule has 0 heterocycles. The summed E-state index contributed by atoms with van der Waals surface area (Å²) >= 11 is 0. The van der Waals surface area contributed by atoms with Gasteiger partial charge in [-0.3, -0.25) is 9.59 Å². The second kappa shape index (κ2) is 43.3. The molecule has 1 amide bonds. The molecular weight excluding hydrogens is 659 g/mol. The molecule has 53 heavy (non-hydrogen) atoms. The Morgan fingerprint density at radius 2 is 0.868 bits per heavy atom. The summed E-state index contributed by atoms with van der Waals surface area (Å²) in [7, 11) is 0. The highest BCUT2D eigenvalue weighted by Gasteiger charge is 2.18. The number of hydrogen-bond donors (Lipinski definition) is 3. The number of rotatable bonds is 43. The lowest BCUT2D eigenvalue weighted by atomic mass is 10.0. The average molecular weight is 750 g/mol. The van der Waals surface area contributed by atoms with Crippen LogP contribution in [0.1, 0.15) is 251 Å². The van der Waals surface area contributed by atoms with E-state index in [1.54, 1.807) is 6.08 Å². The molecule has 0 saturated heterocycles. The summed E-state index contributed by atoms with van der Waals surface area (Å²) in [5, 5.41) is 23.0. The second-order valence-electron chi connectivity index (χ2n) is 16.1. The van der Waals surface area contributed by atoms with E-state index in [-0.39, 0.29) is 18.5 Å². The van der Waals surface area contributed by atoms with Gasteiger partial charge in [-0.25, -0.2) is 0 Å². The van der Waals surface area contributed by atoms with Crippen LogP contribution in [0.3, 0.4) is 0 Å². The van der Waals surface area contributed by atoms with Crippen LogP contribution in [0.15, 0.2) is 12.2 Å². The van der Waals surface area contributed by atoms with Crippen LogP contribution in [-0.4, -0.2) is 47.4 Å². The maximum atomic E-state index is 12.4. The zero-order chi connectivity index (χ0) is 38.7. The lowest BCUT2D eigenvalue weighted by molar-refractivity contribution is -0.143. The predicted molar refractivity (Wildman–Crippen MR) is 227 cm³/mol. The van der Waals surface area contributed by atoms with Crippen molar-refractivity contribution in [3.8, 4) is 0 Å². The number of allylic oxidation sites excluding steroid dienone is 1. The summed E-state index contributed by atoms with van der Waals surface area (Å²) in [6.07, 6.45) is 47.6. The summed E-state index contributed by atoms with van der Waals surface area (Å²) in [5.74, 6) is -0.102. The first kappa shape index (κ1) is 51.6. The third kappa shape index (κ3) is 40.1. The Kier molecular flexibility index (Phi) is 42.2. The van der Waals surface area contributed by atoms with Gasteiger partial charge in [-0.05, 0) is 32.1 Å². The maximum absolute atomic E-state index is 12.4. The standard InChI is InChI=1S/C47H91NO5/c1-3-5-7-9-11-13-15-17-19-23-27-31-35-39-45(50)44(43-49)48-46(51)40-36-32-28-24-20-18-22-26-30-34-38-42-53-47(52)41-37-33-29-25-21-16-14-12-10-8-6-4-2/h35,39,44-45,49-50H,3-34,36-38,40-43H2,1-2H3,(H,48,51)/b39-35+. The van der Waals surface area contributed by atoms with Crippen molar-refractivity contribution in [2.45, 2.75) is 264 Å². The smallest absolute Gasteiger partial charge is 0.305 e. The molecular formula is C47H91NO5. The van der Waals surface area contributed by atoms with Gasteiger partial charge in [-0.2, -0.15) is 0 Å². The third-order valence-corrected chi connectivity index (χ3v) is 10.8. The molecule has 0 aliphatic rings. The molecule has 0 saturated carbocycles. The van der Waals surface area contributed by atoms with E-state index < -0.39 is 12.1 Å². The minimum atomic E-state index is -0.854. The van der Waals surface area contributed by atoms with Gasteiger partial charge in [0.1, 0.15) is 0 Å². The summed E-state index contributed by atoms with van der Waals surface area (Å²) in [6.45, 7) is 4.85. The van der Waals surface area contributed by atoms with Crippen molar-refractivity contribution in [1.82, 2.24) is 5.32 Å². The second-order valence-corrected chi connectivity index (χ2v) is 16.1. The van der Waals surface area contributed by atoms with Crippen molar-refractivity contribution >= 4 is 11.9 Å². The molecule has 0 spiro atoms. The summed E-state index contributed by atoms with van der Waals surface area (Å²) in [6, 6.07) is -0.639. The zero-order valence-corrected chi connectivity index (χ0v) is 35.5. The molecule has 0 aromatic rings. The van der Waals surface area contributed by atoms with E-state index in [9.17, 15) is 19.8 Å². The molecule has 314 valence electrons. The molecule has 0 aromatic heterocycles. The van der Waals surface area contributed by atoms with Gasteiger partial charge in [0.05, 0.1) is 25.4 Å². The molecule has 2 atom stereocenters. The van der Waals surface area contributed by atoms with Gasteiger partial charge in [-0.15, -0.1) is 0 Å². The number of carbonyl (C=O) groups is 2. The number of esters is 1. The van der Waals surface area contributed by atoms with Gasteiger partial charge in [0, 0.05) is 12.8 Å². The quantitative estimate of drug-likeness (QED) is 0.0328. The van der Waals surface area contributed by atoms with E-state index in [4.69, 9.17) is 4.74 Å². The minimum absolute atomic E-state index is 0.0151. The first-order chi connectivity index (χ1) is 26.0. The average Bonchev–Trinajstić information content (AvgIpc) is 3.16. The van der Waals surface area contributed by atoms with Crippen LogP contribution in [0.2, 0.25) is 0 Å². The largest absolute Gasteiger partial charge is 0.466 e. The van der Waals surface area contributed by atoms with Crippen LogP contribution in [0.25, 0.3) is 0 Å². The van der Waals surface area contributed by atoms with Gasteiger partial charge in [0.15, 0.2) is 0 Å². The van der Waals surface area contributed by atoms with Crippen LogP contribution in [-0.2, 0) is 14.3 Å². The van der Waals surface area contributed by atoms with Crippen LogP contribution >= 0.6 is 0 Å².